The number of rotatable bonds is 25. The minimum absolute atomic E-state index is 0.00558. The van der Waals surface area contributed by atoms with E-state index in [1.165, 1.54) is 13.8 Å². The van der Waals surface area contributed by atoms with E-state index in [1.54, 1.807) is 0 Å². The lowest BCUT2D eigenvalue weighted by atomic mass is 10.0. The summed E-state index contributed by atoms with van der Waals surface area (Å²) in [6.45, 7) is 7.51. The Morgan fingerprint density at radius 2 is 1.29 bits per heavy atom. The predicted octanol–water partition coefficient (Wildman–Crippen LogP) is -1.96. The normalized spacial score (nSPS) is 14.9. The van der Waals surface area contributed by atoms with Gasteiger partial charge in [-0.2, -0.15) is 0 Å². The monoisotopic (exact) mass is 680 g/mol. The van der Waals surface area contributed by atoms with Gasteiger partial charge in [-0.15, -0.1) is 0 Å². The van der Waals surface area contributed by atoms with Crippen molar-refractivity contribution in [2.75, 3.05) is 39.5 Å². The molecule has 17 heteroatoms. The molecule has 4 atom stereocenters. The van der Waals surface area contributed by atoms with Crippen molar-refractivity contribution in [1.29, 1.82) is 0 Å². The fraction of sp³-hybridized carbons (Fsp3) is 0.645. The molecule has 0 aliphatic carbocycles. The molecule has 0 fully saturated rings. The topological polar surface area (TPSA) is 235 Å². The highest BCUT2D eigenvalue weighted by Gasteiger charge is 2.27. The number of aldehydes is 2. The highest BCUT2D eigenvalue weighted by Crippen LogP contribution is 2.08. The Morgan fingerprint density at radius 1 is 0.708 bits per heavy atom. The Kier molecular flexibility index (Phi) is 19.8. The maximum atomic E-state index is 12.7. The first-order valence-electron chi connectivity index (χ1n) is 15.8. The second-order valence-electron chi connectivity index (χ2n) is 11.5. The minimum Gasteiger partial charge on any atom is -0.379 e. The van der Waals surface area contributed by atoms with Crippen LogP contribution in [0.15, 0.2) is 12.2 Å². The first-order valence-corrected chi connectivity index (χ1v) is 15.8. The van der Waals surface area contributed by atoms with Crippen LogP contribution in [0.4, 0.5) is 0 Å². The lowest BCUT2D eigenvalue weighted by Crippen LogP contribution is -2.56. The van der Waals surface area contributed by atoms with Gasteiger partial charge in [-0.1, -0.05) is 13.8 Å². The van der Waals surface area contributed by atoms with E-state index in [9.17, 15) is 43.2 Å². The average molecular weight is 681 g/mol. The Labute approximate surface area is 279 Å². The smallest absolute Gasteiger partial charge is 0.253 e. The number of hydrogen-bond donors (Lipinski definition) is 5. The number of amides is 7. The molecule has 7 amide bonds. The number of ether oxygens (including phenoxy) is 2. The first kappa shape index (κ1) is 41.5. The molecule has 0 aromatic carbocycles. The molecule has 1 aliphatic rings. The van der Waals surface area contributed by atoms with Gasteiger partial charge >= 0.3 is 0 Å². The van der Waals surface area contributed by atoms with Crippen LogP contribution in [-0.2, 0) is 52.6 Å². The Morgan fingerprint density at radius 3 is 1.90 bits per heavy atom. The van der Waals surface area contributed by atoms with E-state index >= 15 is 0 Å². The van der Waals surface area contributed by atoms with Gasteiger partial charge in [-0.05, 0) is 26.2 Å². The third-order valence-electron chi connectivity index (χ3n) is 6.85. The van der Waals surface area contributed by atoms with Gasteiger partial charge in [0.25, 0.3) is 11.8 Å². The number of nitrogens with one attached hydrogen (secondary N) is 5. The van der Waals surface area contributed by atoms with Crippen molar-refractivity contribution in [3.8, 4) is 0 Å². The molecule has 0 saturated carbocycles. The maximum absolute atomic E-state index is 12.7. The van der Waals surface area contributed by atoms with E-state index in [-0.39, 0.29) is 77.0 Å². The summed E-state index contributed by atoms with van der Waals surface area (Å²) in [6, 6.07) is -3.74. The standard InChI is InChI=1S/C31H48N6O11/c1-20(2)19-23(8-13-38)35-31(46)24(9-14-39)36-30(45)22(4)34-29(44)21(3)33-26(41)10-15-47-17-18-48-16-11-32-25(40)7-12-37-27(42)5-6-28(37)43/h5-6,13-14,20-24H,7-12,15-19H2,1-4H3,(H,32,40)(H,33,41)(H,34,44)(H,35,46)(H,36,45). The quantitative estimate of drug-likeness (QED) is 0.0403. The van der Waals surface area contributed by atoms with Gasteiger partial charge in [-0.3, -0.25) is 38.5 Å². The molecule has 4 unspecified atom stereocenters. The van der Waals surface area contributed by atoms with Crippen molar-refractivity contribution in [1.82, 2.24) is 31.5 Å². The molecule has 17 nitrogen and oxygen atoms in total. The number of carbonyl (C=O) groups is 9. The molecule has 0 aromatic heterocycles. The van der Waals surface area contributed by atoms with E-state index in [0.717, 1.165) is 17.1 Å². The zero-order valence-corrected chi connectivity index (χ0v) is 27.9. The van der Waals surface area contributed by atoms with Gasteiger partial charge in [0.1, 0.15) is 30.7 Å². The van der Waals surface area contributed by atoms with Gasteiger partial charge in [0.2, 0.25) is 29.5 Å². The van der Waals surface area contributed by atoms with Crippen LogP contribution in [0.2, 0.25) is 0 Å². The summed E-state index contributed by atoms with van der Waals surface area (Å²) in [6.07, 6.45) is 3.71. The summed E-state index contributed by atoms with van der Waals surface area (Å²) in [5.41, 5.74) is 0. The highest BCUT2D eigenvalue weighted by molar-refractivity contribution is 6.13. The summed E-state index contributed by atoms with van der Waals surface area (Å²) >= 11 is 0. The van der Waals surface area contributed by atoms with Crippen LogP contribution in [0.5, 0.6) is 0 Å². The predicted molar refractivity (Wildman–Crippen MR) is 170 cm³/mol. The molecule has 1 heterocycles. The fourth-order valence-corrected chi connectivity index (χ4v) is 4.31. The summed E-state index contributed by atoms with van der Waals surface area (Å²) in [7, 11) is 0. The Hall–Kier alpha value is -4.51. The van der Waals surface area contributed by atoms with E-state index < -0.39 is 59.6 Å². The summed E-state index contributed by atoms with van der Waals surface area (Å²) in [5.74, 6) is -3.50. The first-order chi connectivity index (χ1) is 22.8. The van der Waals surface area contributed by atoms with Crippen LogP contribution in [0, 0.1) is 5.92 Å². The fourth-order valence-electron chi connectivity index (χ4n) is 4.31. The van der Waals surface area contributed by atoms with Gasteiger partial charge < -0.3 is 45.6 Å². The van der Waals surface area contributed by atoms with E-state index in [4.69, 9.17) is 9.47 Å². The van der Waals surface area contributed by atoms with Crippen LogP contribution < -0.4 is 26.6 Å². The van der Waals surface area contributed by atoms with Gasteiger partial charge in [0, 0.05) is 57.0 Å². The molecule has 0 saturated heterocycles. The lowest BCUT2D eigenvalue weighted by molar-refractivity contribution is -0.137. The van der Waals surface area contributed by atoms with Crippen molar-refractivity contribution in [2.45, 2.75) is 84.0 Å². The van der Waals surface area contributed by atoms with Crippen molar-refractivity contribution < 1.29 is 52.6 Å². The Bertz CT molecular complexity index is 1160. The molecule has 0 aromatic rings. The van der Waals surface area contributed by atoms with Crippen molar-refractivity contribution in [3.05, 3.63) is 12.2 Å². The Balaban J connectivity index is 2.25. The highest BCUT2D eigenvalue weighted by atomic mass is 16.5. The maximum Gasteiger partial charge on any atom is 0.253 e. The van der Waals surface area contributed by atoms with Crippen LogP contribution >= 0.6 is 0 Å². The van der Waals surface area contributed by atoms with Gasteiger partial charge in [0.15, 0.2) is 0 Å². The second-order valence-corrected chi connectivity index (χ2v) is 11.5. The summed E-state index contributed by atoms with van der Waals surface area (Å²) in [5, 5.41) is 12.7. The van der Waals surface area contributed by atoms with Gasteiger partial charge in [-0.25, -0.2) is 0 Å². The van der Waals surface area contributed by atoms with Crippen LogP contribution in [0.25, 0.3) is 0 Å². The second kappa shape index (κ2) is 22.9. The molecule has 0 radical (unpaired) electrons. The molecular formula is C31H48N6O11. The van der Waals surface area contributed by atoms with Crippen LogP contribution in [-0.4, -0.2) is 123 Å². The van der Waals surface area contributed by atoms with E-state index in [1.807, 2.05) is 13.8 Å². The summed E-state index contributed by atoms with van der Waals surface area (Å²) in [4.78, 5) is 108. The molecule has 48 heavy (non-hydrogen) atoms. The number of imide groups is 1. The number of hydrogen-bond acceptors (Lipinski definition) is 11. The zero-order valence-electron chi connectivity index (χ0n) is 27.9. The molecule has 5 N–H and O–H groups in total. The third-order valence-corrected chi connectivity index (χ3v) is 6.85. The SMILES string of the molecule is CC(C)CC(CC=O)NC(=O)C(CC=O)NC(=O)C(C)NC(=O)C(C)NC(=O)CCOCCOCCNC(=O)CCN1C(=O)C=CC1=O. The van der Waals surface area contributed by atoms with Crippen LogP contribution in [0.3, 0.4) is 0 Å². The van der Waals surface area contributed by atoms with Crippen LogP contribution in [0.1, 0.15) is 59.8 Å². The number of nitrogens with zero attached hydrogens (tertiary/aromatic N) is 1. The lowest BCUT2D eigenvalue weighted by Gasteiger charge is -2.24. The molecule has 268 valence electrons. The molecule has 0 bridgehead atoms. The van der Waals surface area contributed by atoms with E-state index in [0.29, 0.717) is 19.0 Å². The zero-order chi connectivity index (χ0) is 36.1. The summed E-state index contributed by atoms with van der Waals surface area (Å²) < 4.78 is 10.7. The molecule has 0 spiro atoms. The molecular weight excluding hydrogens is 632 g/mol. The van der Waals surface area contributed by atoms with Crippen molar-refractivity contribution in [3.63, 3.8) is 0 Å². The average Bonchev–Trinajstić information content (AvgIpc) is 3.34. The van der Waals surface area contributed by atoms with Crippen molar-refractivity contribution >= 4 is 53.9 Å². The largest absolute Gasteiger partial charge is 0.379 e. The minimum atomic E-state index is -1.20. The number of carbonyl (C=O) groups excluding carboxylic acids is 9. The molecule has 1 rings (SSSR count). The van der Waals surface area contributed by atoms with Gasteiger partial charge in [0.05, 0.1) is 26.4 Å². The molecule has 1 aliphatic heterocycles. The van der Waals surface area contributed by atoms with Crippen molar-refractivity contribution in [2.24, 2.45) is 5.92 Å². The third kappa shape index (κ3) is 16.9. The van der Waals surface area contributed by atoms with E-state index in [2.05, 4.69) is 26.6 Å².